The molecule has 2 amide bonds. The van der Waals surface area contributed by atoms with Crippen molar-refractivity contribution in [3.8, 4) is 0 Å². The zero-order valence-electron chi connectivity index (χ0n) is 19.8. The summed E-state index contributed by atoms with van der Waals surface area (Å²) < 4.78 is 50.7. The summed E-state index contributed by atoms with van der Waals surface area (Å²) in [7, 11) is 0. The molecule has 13 nitrogen and oxygen atoms in total. The van der Waals surface area contributed by atoms with E-state index in [0.29, 0.717) is 6.20 Å². The maximum Gasteiger partial charge on any atom is 0.509 e. The van der Waals surface area contributed by atoms with Crippen LogP contribution in [-0.4, -0.2) is 74.5 Å². The number of aliphatic hydroxyl groups excluding tert-OH is 1. The Labute approximate surface area is 197 Å². The Morgan fingerprint density at radius 3 is 2.23 bits per heavy atom. The van der Waals surface area contributed by atoms with Crippen LogP contribution < -0.4 is 10.6 Å². The van der Waals surface area contributed by atoms with Crippen molar-refractivity contribution in [3.63, 3.8) is 0 Å². The standard InChI is InChI=1S/C20H27F2N3O10/c1-18(2,3)34-16(30)25(15(28)29)13-9(7-23-14(27)24-13)11-20(21,22)12(10(8-26)32-11)33-17(31)35-19(4,5)6/h7,10-12,26H,8H2,1-6H3,(H,28,29)(H,23,24,27)/t10-,11-,12+/m1/s1. The minimum Gasteiger partial charge on any atom is -0.464 e. The number of anilines is 1. The van der Waals surface area contributed by atoms with Crippen LogP contribution in [0.2, 0.25) is 0 Å². The summed E-state index contributed by atoms with van der Waals surface area (Å²) in [6.45, 7) is 7.68. The first-order valence-corrected chi connectivity index (χ1v) is 10.3. The largest absolute Gasteiger partial charge is 0.509 e. The van der Waals surface area contributed by atoms with E-state index in [-0.39, 0.29) is 4.90 Å². The smallest absolute Gasteiger partial charge is 0.464 e. The van der Waals surface area contributed by atoms with Gasteiger partial charge in [-0.25, -0.2) is 24.2 Å². The van der Waals surface area contributed by atoms with Gasteiger partial charge in [0.1, 0.15) is 23.1 Å². The van der Waals surface area contributed by atoms with Crippen molar-refractivity contribution < 1.29 is 52.3 Å². The average molecular weight is 507 g/mol. The third-order valence-electron chi connectivity index (χ3n) is 4.26. The molecule has 1 aromatic heterocycles. The fourth-order valence-electron chi connectivity index (χ4n) is 3.03. The number of aromatic amines is 1. The molecule has 1 aliphatic rings. The first-order chi connectivity index (χ1) is 15.9. The fourth-order valence-corrected chi connectivity index (χ4v) is 3.03. The summed E-state index contributed by atoms with van der Waals surface area (Å²) in [4.78, 5) is 53.4. The monoisotopic (exact) mass is 507 g/mol. The molecule has 0 bridgehead atoms. The number of imide groups is 1. The molecule has 2 rings (SSSR count). The molecule has 0 radical (unpaired) electrons. The number of carbonyl (C=O) groups is 3. The van der Waals surface area contributed by atoms with Gasteiger partial charge in [-0.1, -0.05) is 0 Å². The number of H-pyrrole nitrogens is 1. The lowest BCUT2D eigenvalue weighted by atomic mass is 10.0. The van der Waals surface area contributed by atoms with Crippen molar-refractivity contribution in [3.05, 3.63) is 22.2 Å². The van der Waals surface area contributed by atoms with Crippen molar-refractivity contribution in [1.29, 1.82) is 0 Å². The lowest BCUT2D eigenvalue weighted by molar-refractivity contribution is -0.130. The fraction of sp³-hybridized carbons (Fsp3) is 0.650. The molecular weight excluding hydrogens is 480 g/mol. The average Bonchev–Trinajstić information content (AvgIpc) is 2.89. The van der Waals surface area contributed by atoms with E-state index < -0.39 is 77.5 Å². The first-order valence-electron chi connectivity index (χ1n) is 10.3. The number of hydrogen-bond donors (Lipinski definition) is 3. The Morgan fingerprint density at radius 1 is 1.17 bits per heavy atom. The number of aromatic nitrogens is 2. The molecule has 1 saturated heterocycles. The lowest BCUT2D eigenvalue weighted by Crippen LogP contribution is -2.44. The number of nitrogens with one attached hydrogen (secondary N) is 1. The number of amides is 2. The molecule has 3 N–H and O–H groups in total. The third-order valence-corrected chi connectivity index (χ3v) is 4.26. The summed E-state index contributed by atoms with van der Waals surface area (Å²) >= 11 is 0. The SMILES string of the molecule is CC(C)(C)OC(=O)O[C@H]1[C@@H](CO)O[C@H](c2cnc(=O)[nH]c2N(C(=O)O)C(=O)OC(C)(C)C)C1(F)F. The quantitative estimate of drug-likeness (QED) is 0.510. The van der Waals surface area contributed by atoms with E-state index in [2.05, 4.69) is 4.98 Å². The van der Waals surface area contributed by atoms with Crippen molar-refractivity contribution in [2.75, 3.05) is 11.5 Å². The van der Waals surface area contributed by atoms with Crippen molar-refractivity contribution in [1.82, 2.24) is 9.97 Å². The normalized spacial score (nSPS) is 21.8. The van der Waals surface area contributed by atoms with Crippen LogP contribution in [0.5, 0.6) is 0 Å². The van der Waals surface area contributed by atoms with E-state index in [0.717, 1.165) is 0 Å². The highest BCUT2D eigenvalue weighted by molar-refractivity contribution is 6.08. The summed E-state index contributed by atoms with van der Waals surface area (Å²) in [6.07, 6.45) is -10.9. The zero-order chi connectivity index (χ0) is 26.9. The molecule has 0 saturated carbocycles. The number of alkyl halides is 2. The number of ether oxygens (including phenoxy) is 4. The lowest BCUT2D eigenvalue weighted by Gasteiger charge is -2.28. The van der Waals surface area contributed by atoms with Gasteiger partial charge in [0.05, 0.1) is 6.61 Å². The van der Waals surface area contributed by atoms with Crippen molar-refractivity contribution >= 4 is 24.2 Å². The first kappa shape index (κ1) is 27.9. The number of carboxylic acid groups (broad SMARTS) is 1. The van der Waals surface area contributed by atoms with Crippen LogP contribution in [0.3, 0.4) is 0 Å². The van der Waals surface area contributed by atoms with Crippen LogP contribution in [0.15, 0.2) is 11.0 Å². The number of halogens is 2. The van der Waals surface area contributed by atoms with E-state index in [1.807, 2.05) is 4.98 Å². The molecule has 1 fully saturated rings. The zero-order valence-corrected chi connectivity index (χ0v) is 19.8. The number of aliphatic hydroxyl groups is 1. The topological polar surface area (TPSA) is 178 Å². The van der Waals surface area contributed by atoms with Gasteiger partial charge < -0.3 is 29.2 Å². The number of carbonyl (C=O) groups excluding carboxylic acids is 2. The summed E-state index contributed by atoms with van der Waals surface area (Å²) in [5.41, 5.74) is -4.18. The van der Waals surface area contributed by atoms with Gasteiger partial charge in [-0.3, -0.25) is 4.98 Å². The molecule has 15 heteroatoms. The molecule has 2 heterocycles. The van der Waals surface area contributed by atoms with E-state index in [9.17, 15) is 29.4 Å². The Kier molecular flexibility index (Phi) is 7.76. The Morgan fingerprint density at radius 2 is 1.74 bits per heavy atom. The van der Waals surface area contributed by atoms with Crippen molar-refractivity contribution in [2.24, 2.45) is 0 Å². The molecule has 0 spiro atoms. The van der Waals surface area contributed by atoms with Gasteiger partial charge in [0, 0.05) is 11.8 Å². The van der Waals surface area contributed by atoms with Crippen LogP contribution >= 0.6 is 0 Å². The van der Waals surface area contributed by atoms with Crippen molar-refractivity contribution in [2.45, 2.75) is 77.0 Å². The number of hydrogen-bond acceptors (Lipinski definition) is 10. The van der Waals surface area contributed by atoms with Crippen LogP contribution in [0, 0.1) is 0 Å². The summed E-state index contributed by atoms with van der Waals surface area (Å²) in [5.74, 6) is -5.03. The molecule has 0 unspecified atom stereocenters. The second-order valence-electron chi connectivity index (χ2n) is 9.51. The predicted octanol–water partition coefficient (Wildman–Crippen LogP) is 2.58. The summed E-state index contributed by atoms with van der Waals surface area (Å²) in [6, 6.07) is 0. The van der Waals surface area contributed by atoms with E-state index in [4.69, 9.17) is 18.9 Å². The van der Waals surface area contributed by atoms with Crippen LogP contribution in [0.25, 0.3) is 0 Å². The van der Waals surface area contributed by atoms with Gasteiger partial charge in [-0.2, -0.15) is 13.7 Å². The Bertz CT molecular complexity index is 1030. The third kappa shape index (κ3) is 6.63. The second kappa shape index (κ2) is 9.73. The maximum atomic E-state index is 15.4. The molecule has 3 atom stereocenters. The van der Waals surface area contributed by atoms with Gasteiger partial charge in [0.2, 0.25) is 0 Å². The van der Waals surface area contributed by atoms with Gasteiger partial charge >= 0.3 is 30.0 Å². The van der Waals surface area contributed by atoms with Crippen LogP contribution in [0.4, 0.5) is 29.0 Å². The Hall–Kier alpha value is -3.33. The highest BCUT2D eigenvalue weighted by atomic mass is 19.3. The van der Waals surface area contributed by atoms with Gasteiger partial charge in [0.25, 0.3) is 0 Å². The minimum atomic E-state index is -4.10. The highest BCUT2D eigenvalue weighted by Gasteiger charge is 2.63. The molecule has 1 aliphatic heterocycles. The molecular formula is C20H27F2N3O10. The number of nitrogens with zero attached hydrogens (tertiary/aromatic N) is 2. The maximum absolute atomic E-state index is 15.4. The highest BCUT2D eigenvalue weighted by Crippen LogP contribution is 2.49. The second-order valence-corrected chi connectivity index (χ2v) is 9.51. The van der Waals surface area contributed by atoms with E-state index in [1.54, 1.807) is 0 Å². The summed E-state index contributed by atoms with van der Waals surface area (Å²) in [5, 5.41) is 19.2. The predicted molar refractivity (Wildman–Crippen MR) is 112 cm³/mol. The van der Waals surface area contributed by atoms with Gasteiger partial charge in [-0.05, 0) is 41.5 Å². The van der Waals surface area contributed by atoms with Crippen LogP contribution in [-0.2, 0) is 18.9 Å². The van der Waals surface area contributed by atoms with E-state index >= 15 is 8.78 Å². The number of rotatable bonds is 4. The molecule has 0 aromatic carbocycles. The molecule has 1 aromatic rings. The van der Waals surface area contributed by atoms with Crippen LogP contribution in [0.1, 0.15) is 53.2 Å². The van der Waals surface area contributed by atoms with E-state index in [1.165, 1.54) is 41.5 Å². The molecule has 0 aliphatic carbocycles. The van der Waals surface area contributed by atoms with Gasteiger partial charge in [0.15, 0.2) is 12.2 Å². The van der Waals surface area contributed by atoms with Gasteiger partial charge in [-0.15, -0.1) is 0 Å². The molecule has 35 heavy (non-hydrogen) atoms. The Balaban J connectivity index is 2.54. The minimum absolute atomic E-state index is 0.0981. The molecule has 196 valence electrons.